The summed E-state index contributed by atoms with van der Waals surface area (Å²) in [7, 11) is 0. The normalized spacial score (nSPS) is 30.3. The van der Waals surface area contributed by atoms with Crippen LogP contribution >= 0.6 is 23.2 Å². The third-order valence-corrected chi connectivity index (χ3v) is 10.7. The molecule has 10 nitrogen and oxygen atoms in total. The molecule has 3 fully saturated rings. The van der Waals surface area contributed by atoms with Crippen LogP contribution in [0.1, 0.15) is 81.4 Å². The first-order valence-corrected chi connectivity index (χ1v) is 15.7. The van der Waals surface area contributed by atoms with Crippen molar-refractivity contribution in [3.05, 3.63) is 69.9 Å². The number of carbonyl (C=O) groups is 2. The van der Waals surface area contributed by atoms with E-state index < -0.39 is 28.7 Å². The Balaban J connectivity index is 1.31. The van der Waals surface area contributed by atoms with Crippen LogP contribution in [0.25, 0.3) is 0 Å². The van der Waals surface area contributed by atoms with Crippen LogP contribution in [0, 0.1) is 11.2 Å². The second-order valence-corrected chi connectivity index (χ2v) is 14.0. The summed E-state index contributed by atoms with van der Waals surface area (Å²) in [6.45, 7) is 4.65. The highest BCUT2D eigenvalue weighted by molar-refractivity contribution is 6.31. The summed E-state index contributed by atoms with van der Waals surface area (Å²) in [5.41, 5.74) is -0.728. The Morgan fingerprint density at radius 1 is 1.14 bits per heavy atom. The minimum Gasteiger partial charge on any atom is -0.425 e. The molecule has 13 heteroatoms. The molecule has 2 saturated heterocycles. The SMILES string of the molecule is CC1(C)CCC2(CC1)N[C@@H](C(=O)N[C@@H]1CC[C@@H](c3nnco3)OC1)[C@H](c1ccnc(Cl)c1F)[C@]21C(=O)Nc2cc(Cl)ccc21. The van der Waals surface area contributed by atoms with E-state index in [1.807, 2.05) is 6.07 Å². The highest BCUT2D eigenvalue weighted by Crippen LogP contribution is 2.64. The van der Waals surface area contributed by atoms with Crippen molar-refractivity contribution in [1.82, 2.24) is 25.8 Å². The lowest BCUT2D eigenvalue weighted by molar-refractivity contribution is -0.126. The molecule has 2 spiro atoms. The first kappa shape index (κ1) is 29.6. The predicted molar refractivity (Wildman–Crippen MR) is 160 cm³/mol. The molecule has 1 aliphatic carbocycles. The van der Waals surface area contributed by atoms with Crippen molar-refractivity contribution in [3.63, 3.8) is 0 Å². The second kappa shape index (κ2) is 10.8. The number of nitrogens with one attached hydrogen (secondary N) is 3. The van der Waals surface area contributed by atoms with Gasteiger partial charge in [0, 0.05) is 28.4 Å². The molecule has 3 N–H and O–H groups in total. The van der Waals surface area contributed by atoms with Gasteiger partial charge < -0.3 is 19.8 Å². The number of benzene rings is 1. The number of hydrogen-bond donors (Lipinski definition) is 3. The second-order valence-electron chi connectivity index (χ2n) is 13.2. The van der Waals surface area contributed by atoms with Crippen molar-refractivity contribution in [1.29, 1.82) is 0 Å². The molecular weight excluding hydrogens is 610 g/mol. The third kappa shape index (κ3) is 4.54. The number of fused-ring (bicyclic) bond motifs is 3. The minimum atomic E-state index is -1.33. The molecule has 0 radical (unpaired) electrons. The van der Waals surface area contributed by atoms with E-state index in [2.05, 4.69) is 45.0 Å². The molecule has 4 aliphatic rings. The molecular formula is C31H33Cl2FN6O4. The number of hydrogen-bond acceptors (Lipinski definition) is 8. The molecule has 2 aromatic heterocycles. The van der Waals surface area contributed by atoms with Gasteiger partial charge in [0.15, 0.2) is 11.0 Å². The van der Waals surface area contributed by atoms with Gasteiger partial charge in [-0.1, -0.05) is 43.1 Å². The monoisotopic (exact) mass is 642 g/mol. The van der Waals surface area contributed by atoms with Crippen LogP contribution in [0.3, 0.4) is 0 Å². The number of pyridine rings is 1. The van der Waals surface area contributed by atoms with Gasteiger partial charge in [-0.15, -0.1) is 10.2 Å². The number of carbonyl (C=O) groups excluding carboxylic acids is 2. The van der Waals surface area contributed by atoms with Gasteiger partial charge in [-0.3, -0.25) is 14.9 Å². The maximum Gasteiger partial charge on any atom is 0.244 e. The van der Waals surface area contributed by atoms with E-state index in [4.69, 9.17) is 32.4 Å². The number of amides is 2. The number of aromatic nitrogens is 3. The standard InChI is InChI=1S/C31H33Cl2FN6O4/c1-29(2)8-10-30(11-9-29)31(19-5-3-16(32)13-20(19)38-28(31)42)22(18-7-12-35-25(33)23(18)34)24(39-30)26(41)37-17-4-6-21(43-14-17)27-40-36-15-44-27/h3,5,7,12-13,15,17,21-22,24,39H,4,6,8-11,14H2,1-2H3,(H,37,41)(H,38,42)/t17-,21+,22+,24-,31-/m1/s1. The van der Waals surface area contributed by atoms with Gasteiger partial charge in [-0.2, -0.15) is 0 Å². The van der Waals surface area contributed by atoms with Gasteiger partial charge in [-0.05, 0) is 73.3 Å². The Hall–Kier alpha value is -3.12. The topological polar surface area (TPSA) is 131 Å². The van der Waals surface area contributed by atoms with Crippen molar-refractivity contribution in [3.8, 4) is 0 Å². The van der Waals surface area contributed by atoms with Gasteiger partial charge in [-0.25, -0.2) is 9.37 Å². The van der Waals surface area contributed by atoms with Crippen molar-refractivity contribution in [2.24, 2.45) is 5.41 Å². The molecule has 1 saturated carbocycles. The number of halogens is 3. The molecule has 232 valence electrons. The zero-order chi connectivity index (χ0) is 30.9. The number of rotatable bonds is 4. The fourth-order valence-corrected chi connectivity index (χ4v) is 8.34. The van der Waals surface area contributed by atoms with E-state index in [0.29, 0.717) is 47.8 Å². The highest BCUT2D eigenvalue weighted by atomic mass is 35.5. The fraction of sp³-hybridized carbons (Fsp3) is 0.516. The predicted octanol–water partition coefficient (Wildman–Crippen LogP) is 5.23. The summed E-state index contributed by atoms with van der Waals surface area (Å²) in [4.78, 5) is 32.9. The quantitative estimate of drug-likeness (QED) is 0.330. The molecule has 3 aliphatic heterocycles. The number of anilines is 1. The lowest BCUT2D eigenvalue weighted by Gasteiger charge is -2.50. The van der Waals surface area contributed by atoms with Crippen molar-refractivity contribution in [2.75, 3.05) is 11.9 Å². The van der Waals surface area contributed by atoms with Crippen molar-refractivity contribution in [2.45, 2.75) is 87.4 Å². The zero-order valence-electron chi connectivity index (χ0n) is 24.3. The van der Waals surface area contributed by atoms with Crippen molar-refractivity contribution < 1.29 is 23.1 Å². The largest absolute Gasteiger partial charge is 0.425 e. The van der Waals surface area contributed by atoms with Gasteiger partial charge in [0.2, 0.25) is 24.1 Å². The van der Waals surface area contributed by atoms with Gasteiger partial charge in [0.1, 0.15) is 11.5 Å². The highest BCUT2D eigenvalue weighted by Gasteiger charge is 2.73. The molecule has 2 amide bonds. The Morgan fingerprint density at radius 2 is 1.93 bits per heavy atom. The molecule has 5 heterocycles. The Bertz CT molecular complexity index is 1600. The van der Waals surface area contributed by atoms with Gasteiger partial charge in [0.05, 0.1) is 18.7 Å². The zero-order valence-corrected chi connectivity index (χ0v) is 25.8. The van der Waals surface area contributed by atoms with Gasteiger partial charge >= 0.3 is 0 Å². The third-order valence-electron chi connectivity index (χ3n) is 10.2. The van der Waals surface area contributed by atoms with E-state index in [-0.39, 0.29) is 46.7 Å². The molecule has 1 aromatic carbocycles. The maximum absolute atomic E-state index is 16.1. The lowest BCUT2D eigenvalue weighted by atomic mass is 9.53. The van der Waals surface area contributed by atoms with Crippen LogP contribution in [0.4, 0.5) is 10.1 Å². The van der Waals surface area contributed by atoms with E-state index in [1.54, 1.807) is 12.1 Å². The van der Waals surface area contributed by atoms with E-state index in [0.717, 1.165) is 12.8 Å². The summed E-state index contributed by atoms with van der Waals surface area (Å²) in [5.74, 6) is -1.93. The molecule has 3 aromatic rings. The first-order chi connectivity index (χ1) is 21.0. The Labute approximate surface area is 263 Å². The van der Waals surface area contributed by atoms with Crippen LogP contribution in [0.5, 0.6) is 0 Å². The summed E-state index contributed by atoms with van der Waals surface area (Å²) < 4.78 is 27.3. The van der Waals surface area contributed by atoms with E-state index in [1.165, 1.54) is 18.7 Å². The van der Waals surface area contributed by atoms with E-state index >= 15 is 4.39 Å². The maximum atomic E-state index is 16.1. The van der Waals surface area contributed by atoms with Crippen LogP contribution in [-0.4, -0.2) is 51.2 Å². The summed E-state index contributed by atoms with van der Waals surface area (Å²) in [6.07, 6.45) is 6.34. The van der Waals surface area contributed by atoms with Crippen LogP contribution in [0.2, 0.25) is 10.2 Å². The smallest absolute Gasteiger partial charge is 0.244 e. The van der Waals surface area contributed by atoms with Crippen LogP contribution in [-0.2, 0) is 19.7 Å². The lowest BCUT2D eigenvalue weighted by Crippen LogP contribution is -2.61. The molecule has 0 unspecified atom stereocenters. The van der Waals surface area contributed by atoms with E-state index in [9.17, 15) is 9.59 Å². The summed E-state index contributed by atoms with van der Waals surface area (Å²) in [6, 6.07) is 5.54. The van der Waals surface area contributed by atoms with Gasteiger partial charge in [0.25, 0.3) is 0 Å². The van der Waals surface area contributed by atoms with Crippen LogP contribution < -0.4 is 16.0 Å². The number of ether oxygens (including phenoxy) is 1. The van der Waals surface area contributed by atoms with Crippen LogP contribution in [0.15, 0.2) is 41.3 Å². The average Bonchev–Trinajstić information content (AvgIpc) is 3.70. The Morgan fingerprint density at radius 3 is 2.64 bits per heavy atom. The average molecular weight is 644 g/mol. The number of nitrogens with zero attached hydrogens (tertiary/aromatic N) is 3. The minimum absolute atomic E-state index is 0.0431. The molecule has 5 atom stereocenters. The van der Waals surface area contributed by atoms with Crippen molar-refractivity contribution >= 4 is 40.7 Å². The molecule has 0 bridgehead atoms. The fourth-order valence-electron chi connectivity index (χ4n) is 8.00. The summed E-state index contributed by atoms with van der Waals surface area (Å²) in [5, 5.41) is 17.7. The first-order valence-electron chi connectivity index (χ1n) is 14.9. The molecule has 44 heavy (non-hydrogen) atoms. The Kier molecular flexibility index (Phi) is 7.23. The summed E-state index contributed by atoms with van der Waals surface area (Å²) >= 11 is 12.6. The molecule has 7 rings (SSSR count).